The van der Waals surface area contributed by atoms with E-state index in [2.05, 4.69) is 20.6 Å². The van der Waals surface area contributed by atoms with Crippen LogP contribution in [-0.2, 0) is 6.54 Å². The Hall–Kier alpha value is -2.30. The molecule has 2 rings (SSSR count). The third kappa shape index (κ3) is 2.51. The van der Waals surface area contributed by atoms with Crippen LogP contribution in [0.4, 0.5) is 5.69 Å². The number of hydrogen-bond acceptors (Lipinski definition) is 3. The Bertz CT molecular complexity index is 534. The maximum atomic E-state index is 11.7. The number of benzene rings is 1. The lowest BCUT2D eigenvalue weighted by Gasteiger charge is -2.11. The third-order valence-electron chi connectivity index (χ3n) is 2.81. The van der Waals surface area contributed by atoms with Gasteiger partial charge in [0, 0.05) is 30.7 Å². The quantitative estimate of drug-likeness (QED) is 0.766. The zero-order valence-electron chi connectivity index (χ0n) is 10.4. The number of hydrogen-bond donors (Lipinski definition) is 3. The van der Waals surface area contributed by atoms with Crippen molar-refractivity contribution in [3.63, 3.8) is 0 Å². The lowest BCUT2D eigenvalue weighted by molar-refractivity contribution is 0.0962. The Morgan fingerprint density at radius 2 is 2.28 bits per heavy atom. The molecule has 0 radical (unpaired) electrons. The molecule has 1 aromatic heterocycles. The summed E-state index contributed by atoms with van der Waals surface area (Å²) in [5.74, 6) is 0.786. The van der Waals surface area contributed by atoms with Crippen LogP contribution < -0.4 is 10.6 Å². The summed E-state index contributed by atoms with van der Waals surface area (Å²) in [5, 5.41) is 5.89. The number of carbonyl (C=O) groups excluding carboxylic acids is 1. The number of nitrogens with zero attached hydrogens (tertiary/aromatic N) is 1. The van der Waals surface area contributed by atoms with E-state index in [-0.39, 0.29) is 5.91 Å². The zero-order valence-corrected chi connectivity index (χ0v) is 10.4. The Balaban J connectivity index is 2.16. The molecule has 0 aliphatic heterocycles. The minimum Gasteiger partial charge on any atom is -0.378 e. The van der Waals surface area contributed by atoms with E-state index < -0.39 is 0 Å². The number of amides is 1. The number of nitrogens with one attached hydrogen (secondary N) is 3. The van der Waals surface area contributed by atoms with E-state index >= 15 is 0 Å². The van der Waals surface area contributed by atoms with Crippen molar-refractivity contribution in [3.8, 4) is 0 Å². The molecule has 18 heavy (non-hydrogen) atoms. The van der Waals surface area contributed by atoms with E-state index in [0.717, 1.165) is 17.1 Å². The van der Waals surface area contributed by atoms with Crippen LogP contribution in [0.15, 0.2) is 30.6 Å². The van der Waals surface area contributed by atoms with Crippen LogP contribution in [0.25, 0.3) is 0 Å². The lowest BCUT2D eigenvalue weighted by atomic mass is 10.1. The lowest BCUT2D eigenvalue weighted by Crippen LogP contribution is -2.19. The highest BCUT2D eigenvalue weighted by atomic mass is 16.1. The molecule has 0 unspecified atom stereocenters. The van der Waals surface area contributed by atoms with Crippen LogP contribution in [0.5, 0.6) is 0 Å². The van der Waals surface area contributed by atoms with Gasteiger partial charge in [-0.15, -0.1) is 0 Å². The second kappa shape index (κ2) is 5.35. The first kappa shape index (κ1) is 12.2. The van der Waals surface area contributed by atoms with Gasteiger partial charge in [0.25, 0.3) is 5.91 Å². The molecule has 0 spiro atoms. The maximum absolute atomic E-state index is 11.7. The molecule has 0 atom stereocenters. The molecule has 2 aromatic rings. The average Bonchev–Trinajstić information content (AvgIpc) is 2.90. The van der Waals surface area contributed by atoms with Gasteiger partial charge in [0.1, 0.15) is 5.82 Å². The zero-order chi connectivity index (χ0) is 13.0. The summed E-state index contributed by atoms with van der Waals surface area (Å²) in [6, 6.07) is 5.62. The molecule has 0 fully saturated rings. The monoisotopic (exact) mass is 244 g/mol. The first-order chi connectivity index (χ1) is 8.72. The Morgan fingerprint density at radius 3 is 2.94 bits per heavy atom. The third-order valence-corrected chi connectivity index (χ3v) is 2.81. The van der Waals surface area contributed by atoms with Gasteiger partial charge < -0.3 is 15.6 Å². The standard InChI is InChI=1S/C13H16N4O/c1-9-10(13(18)14-2)4-3-5-11(9)17-8-12-15-6-7-16-12/h3-7,17H,8H2,1-2H3,(H,14,18)(H,15,16). The summed E-state index contributed by atoms with van der Waals surface area (Å²) in [6.45, 7) is 2.53. The number of anilines is 1. The van der Waals surface area contributed by atoms with Crippen LogP contribution >= 0.6 is 0 Å². The molecule has 0 aliphatic carbocycles. The summed E-state index contributed by atoms with van der Waals surface area (Å²) in [4.78, 5) is 18.8. The topological polar surface area (TPSA) is 69.8 Å². The Kier molecular flexibility index (Phi) is 3.62. The first-order valence-electron chi connectivity index (χ1n) is 5.76. The smallest absolute Gasteiger partial charge is 0.251 e. The van der Waals surface area contributed by atoms with Crippen LogP contribution in [-0.4, -0.2) is 22.9 Å². The van der Waals surface area contributed by atoms with Gasteiger partial charge in [-0.05, 0) is 24.6 Å². The Labute approximate surface area is 106 Å². The largest absolute Gasteiger partial charge is 0.378 e. The van der Waals surface area contributed by atoms with Gasteiger partial charge in [0.05, 0.1) is 6.54 Å². The number of H-pyrrole nitrogens is 1. The molecule has 1 heterocycles. The molecule has 5 heteroatoms. The van der Waals surface area contributed by atoms with Gasteiger partial charge in [-0.1, -0.05) is 6.07 Å². The van der Waals surface area contributed by atoms with Crippen LogP contribution in [0.3, 0.4) is 0 Å². The molecule has 0 aliphatic rings. The number of imidazole rings is 1. The molecule has 1 aromatic carbocycles. The van der Waals surface area contributed by atoms with Crippen LogP contribution in [0.1, 0.15) is 21.7 Å². The molecule has 0 saturated heterocycles. The molecule has 5 nitrogen and oxygen atoms in total. The van der Waals surface area contributed by atoms with E-state index in [1.54, 1.807) is 19.4 Å². The van der Waals surface area contributed by atoms with Gasteiger partial charge in [0.15, 0.2) is 0 Å². The molecule has 0 bridgehead atoms. The van der Waals surface area contributed by atoms with E-state index in [1.807, 2.05) is 25.1 Å². The van der Waals surface area contributed by atoms with Crippen molar-refractivity contribution in [2.75, 3.05) is 12.4 Å². The van der Waals surface area contributed by atoms with Crippen molar-refractivity contribution in [2.45, 2.75) is 13.5 Å². The normalized spacial score (nSPS) is 10.1. The number of rotatable bonds is 4. The second-order valence-corrected chi connectivity index (χ2v) is 3.95. The predicted molar refractivity (Wildman–Crippen MR) is 70.5 cm³/mol. The molecule has 94 valence electrons. The van der Waals surface area contributed by atoms with Crippen molar-refractivity contribution in [3.05, 3.63) is 47.5 Å². The predicted octanol–water partition coefficient (Wildman–Crippen LogP) is 1.69. The van der Waals surface area contributed by atoms with Crippen molar-refractivity contribution in [1.29, 1.82) is 0 Å². The van der Waals surface area contributed by atoms with E-state index in [1.165, 1.54) is 0 Å². The van der Waals surface area contributed by atoms with Gasteiger partial charge in [0.2, 0.25) is 0 Å². The highest BCUT2D eigenvalue weighted by Gasteiger charge is 2.09. The fraction of sp³-hybridized carbons (Fsp3) is 0.231. The SMILES string of the molecule is CNC(=O)c1cccc(NCc2ncc[nH]2)c1C. The Morgan fingerprint density at radius 1 is 1.44 bits per heavy atom. The molecular weight excluding hydrogens is 228 g/mol. The summed E-state index contributed by atoms with van der Waals surface area (Å²) in [5.41, 5.74) is 2.55. The van der Waals surface area contributed by atoms with Crippen LogP contribution in [0.2, 0.25) is 0 Å². The van der Waals surface area contributed by atoms with Crippen LogP contribution in [0, 0.1) is 6.92 Å². The number of aromatic amines is 1. The van der Waals surface area contributed by atoms with Crippen molar-refractivity contribution >= 4 is 11.6 Å². The van der Waals surface area contributed by atoms with Crippen molar-refractivity contribution in [1.82, 2.24) is 15.3 Å². The fourth-order valence-corrected chi connectivity index (χ4v) is 1.78. The summed E-state index contributed by atoms with van der Waals surface area (Å²) < 4.78 is 0. The summed E-state index contributed by atoms with van der Waals surface area (Å²) in [7, 11) is 1.63. The first-order valence-corrected chi connectivity index (χ1v) is 5.76. The summed E-state index contributed by atoms with van der Waals surface area (Å²) in [6.07, 6.45) is 3.50. The van der Waals surface area contributed by atoms with Crippen molar-refractivity contribution < 1.29 is 4.79 Å². The highest BCUT2D eigenvalue weighted by Crippen LogP contribution is 2.19. The van der Waals surface area contributed by atoms with Gasteiger partial charge in [-0.3, -0.25) is 4.79 Å². The molecular formula is C13H16N4O. The molecule has 1 amide bonds. The minimum absolute atomic E-state index is 0.0749. The average molecular weight is 244 g/mol. The van der Waals surface area contributed by atoms with Crippen molar-refractivity contribution in [2.24, 2.45) is 0 Å². The highest BCUT2D eigenvalue weighted by molar-refractivity contribution is 5.96. The summed E-state index contributed by atoms with van der Waals surface area (Å²) >= 11 is 0. The minimum atomic E-state index is -0.0749. The fourth-order valence-electron chi connectivity index (χ4n) is 1.78. The van der Waals surface area contributed by atoms with E-state index in [9.17, 15) is 4.79 Å². The van der Waals surface area contributed by atoms with E-state index in [0.29, 0.717) is 12.1 Å². The maximum Gasteiger partial charge on any atom is 0.251 e. The van der Waals surface area contributed by atoms with Gasteiger partial charge >= 0.3 is 0 Å². The van der Waals surface area contributed by atoms with Gasteiger partial charge in [-0.25, -0.2) is 4.98 Å². The number of carbonyl (C=O) groups is 1. The van der Waals surface area contributed by atoms with Gasteiger partial charge in [-0.2, -0.15) is 0 Å². The second-order valence-electron chi connectivity index (χ2n) is 3.95. The number of aromatic nitrogens is 2. The molecule has 0 saturated carbocycles. The molecule has 3 N–H and O–H groups in total. The van der Waals surface area contributed by atoms with E-state index in [4.69, 9.17) is 0 Å².